The van der Waals surface area contributed by atoms with Gasteiger partial charge in [0, 0.05) is 6.42 Å². The van der Waals surface area contributed by atoms with Crippen LogP contribution in [0.2, 0.25) is 0 Å². The maximum Gasteiger partial charge on any atom is 0.339 e. The summed E-state index contributed by atoms with van der Waals surface area (Å²) in [4.78, 5) is 22.7. The molecule has 0 bridgehead atoms. The number of hydrogen-bond donors (Lipinski definition) is 2. The van der Waals surface area contributed by atoms with Crippen LogP contribution in [-0.2, 0) is 11.3 Å². The van der Waals surface area contributed by atoms with Crippen molar-refractivity contribution in [3.63, 3.8) is 0 Å². The van der Waals surface area contributed by atoms with Crippen LogP contribution in [0.3, 0.4) is 0 Å². The topological polar surface area (TPSA) is 79.5 Å². The van der Waals surface area contributed by atoms with Crippen molar-refractivity contribution in [3.8, 4) is 0 Å². The smallest absolute Gasteiger partial charge is 0.339 e. The number of carboxylic acids is 1. The molecule has 1 aromatic rings. The van der Waals surface area contributed by atoms with Gasteiger partial charge in [-0.15, -0.1) is 0 Å². The van der Waals surface area contributed by atoms with Gasteiger partial charge in [0.25, 0.3) is 0 Å². The third-order valence-electron chi connectivity index (χ3n) is 3.43. The van der Waals surface area contributed by atoms with Crippen LogP contribution in [0, 0.1) is 6.92 Å². The van der Waals surface area contributed by atoms with Crippen LogP contribution in [0.4, 0.5) is 0 Å². The third-order valence-corrected chi connectivity index (χ3v) is 3.43. The molecule has 0 unspecified atom stereocenters. The van der Waals surface area contributed by atoms with E-state index in [-0.39, 0.29) is 18.0 Å². The minimum Gasteiger partial charge on any atom is -0.478 e. The Morgan fingerprint density at radius 3 is 2.80 bits per heavy atom. The van der Waals surface area contributed by atoms with Gasteiger partial charge >= 0.3 is 5.97 Å². The summed E-state index contributed by atoms with van der Waals surface area (Å²) < 4.78 is 5.31. The minimum absolute atomic E-state index is 0.0518. The first-order valence-corrected chi connectivity index (χ1v) is 6.83. The summed E-state index contributed by atoms with van der Waals surface area (Å²) in [5, 5.41) is 11.7. The number of hydrogen-bond acceptors (Lipinski definition) is 3. The molecule has 0 saturated carbocycles. The number of amides is 1. The predicted molar refractivity (Wildman–Crippen MR) is 73.4 cm³/mol. The summed E-state index contributed by atoms with van der Waals surface area (Å²) in [7, 11) is 0. The van der Waals surface area contributed by atoms with Gasteiger partial charge in [-0.25, -0.2) is 4.79 Å². The first kappa shape index (κ1) is 14.4. The summed E-state index contributed by atoms with van der Waals surface area (Å²) in [5.74, 6) is -0.247. The highest BCUT2D eigenvalue weighted by Crippen LogP contribution is 2.20. The molecule has 2 rings (SSSR count). The van der Waals surface area contributed by atoms with Gasteiger partial charge in [-0.3, -0.25) is 4.79 Å². The first-order valence-electron chi connectivity index (χ1n) is 6.83. The Balaban J connectivity index is 1.85. The van der Waals surface area contributed by atoms with Crippen molar-refractivity contribution in [2.75, 3.05) is 0 Å². The van der Waals surface area contributed by atoms with Gasteiger partial charge in [0.2, 0.25) is 5.91 Å². The lowest BCUT2D eigenvalue weighted by molar-refractivity contribution is -0.120. The maximum atomic E-state index is 11.8. The molecule has 1 heterocycles. The van der Waals surface area contributed by atoms with E-state index >= 15 is 0 Å². The Bertz CT molecular complexity index is 542. The van der Waals surface area contributed by atoms with Crippen molar-refractivity contribution in [2.24, 2.45) is 0 Å². The molecule has 0 spiro atoms. The minimum atomic E-state index is -1.02. The molecule has 0 aromatic carbocycles. The predicted octanol–water partition coefficient (Wildman–Crippen LogP) is 2.79. The van der Waals surface area contributed by atoms with Crippen LogP contribution in [0.1, 0.15) is 54.0 Å². The van der Waals surface area contributed by atoms with Crippen LogP contribution in [0.5, 0.6) is 0 Å². The molecule has 2 N–H and O–H groups in total. The van der Waals surface area contributed by atoms with E-state index in [9.17, 15) is 9.59 Å². The van der Waals surface area contributed by atoms with Crippen LogP contribution in [0.15, 0.2) is 22.1 Å². The molecule has 108 valence electrons. The van der Waals surface area contributed by atoms with Crippen molar-refractivity contribution in [1.82, 2.24) is 5.32 Å². The summed E-state index contributed by atoms with van der Waals surface area (Å²) in [5.41, 5.74) is 1.33. The summed E-state index contributed by atoms with van der Waals surface area (Å²) in [6.45, 7) is 1.82. The molecular weight excluding hydrogens is 258 g/mol. The van der Waals surface area contributed by atoms with E-state index in [1.807, 2.05) is 0 Å². The van der Waals surface area contributed by atoms with E-state index in [0.717, 1.165) is 19.3 Å². The van der Waals surface area contributed by atoms with Gasteiger partial charge < -0.3 is 14.8 Å². The molecule has 1 aliphatic rings. The second-order valence-electron chi connectivity index (χ2n) is 5.05. The fraction of sp³-hybridized carbons (Fsp3) is 0.467. The number of rotatable bonds is 5. The molecule has 0 aliphatic heterocycles. The van der Waals surface area contributed by atoms with Crippen molar-refractivity contribution in [2.45, 2.75) is 45.6 Å². The normalized spacial score (nSPS) is 14.8. The van der Waals surface area contributed by atoms with Gasteiger partial charge in [0.05, 0.1) is 6.54 Å². The van der Waals surface area contributed by atoms with Gasteiger partial charge in [0.1, 0.15) is 17.1 Å². The molecule has 0 fully saturated rings. The molecule has 20 heavy (non-hydrogen) atoms. The maximum absolute atomic E-state index is 11.8. The van der Waals surface area contributed by atoms with E-state index in [0.29, 0.717) is 17.9 Å². The highest BCUT2D eigenvalue weighted by atomic mass is 16.4. The molecule has 5 heteroatoms. The lowest BCUT2D eigenvalue weighted by atomic mass is 9.97. The number of furan rings is 1. The second-order valence-corrected chi connectivity index (χ2v) is 5.05. The zero-order valence-corrected chi connectivity index (χ0v) is 11.6. The fourth-order valence-electron chi connectivity index (χ4n) is 2.36. The largest absolute Gasteiger partial charge is 0.478 e. The molecule has 0 saturated heterocycles. The monoisotopic (exact) mass is 277 g/mol. The number of nitrogens with one attached hydrogen (secondary N) is 1. The van der Waals surface area contributed by atoms with Gasteiger partial charge in [-0.2, -0.15) is 0 Å². The van der Waals surface area contributed by atoms with Crippen LogP contribution >= 0.6 is 0 Å². The summed E-state index contributed by atoms with van der Waals surface area (Å²) in [6, 6.07) is 1.46. The van der Waals surface area contributed by atoms with Crippen molar-refractivity contribution in [3.05, 3.63) is 34.8 Å². The summed E-state index contributed by atoms with van der Waals surface area (Å²) >= 11 is 0. The van der Waals surface area contributed by atoms with E-state index in [1.54, 1.807) is 6.92 Å². The molecule has 0 atom stereocenters. The quantitative estimate of drug-likeness (QED) is 0.811. The Morgan fingerprint density at radius 1 is 1.40 bits per heavy atom. The zero-order chi connectivity index (χ0) is 14.5. The Kier molecular flexibility index (Phi) is 4.61. The number of allylic oxidation sites excluding steroid dienone is 1. The Labute approximate surface area is 117 Å². The van der Waals surface area contributed by atoms with Crippen LogP contribution in [-0.4, -0.2) is 17.0 Å². The number of carbonyl (C=O) groups is 2. The molecule has 1 aliphatic carbocycles. The van der Waals surface area contributed by atoms with E-state index in [1.165, 1.54) is 18.1 Å². The molecule has 1 aromatic heterocycles. The average Bonchev–Trinajstić information content (AvgIpc) is 2.79. The molecule has 5 nitrogen and oxygen atoms in total. The average molecular weight is 277 g/mol. The SMILES string of the molecule is Cc1oc(CNC(=O)CC2=CCCCC2)cc1C(=O)O. The number of aromatic carboxylic acids is 1. The van der Waals surface area contributed by atoms with Crippen LogP contribution in [0.25, 0.3) is 0 Å². The molecule has 1 amide bonds. The number of carboxylic acid groups (broad SMARTS) is 1. The lowest BCUT2D eigenvalue weighted by Crippen LogP contribution is -2.23. The van der Waals surface area contributed by atoms with Gasteiger partial charge in [-0.05, 0) is 38.7 Å². The lowest BCUT2D eigenvalue weighted by Gasteiger charge is -2.12. The van der Waals surface area contributed by atoms with E-state index in [2.05, 4.69) is 11.4 Å². The second kappa shape index (κ2) is 6.41. The van der Waals surface area contributed by atoms with Gasteiger partial charge in [-0.1, -0.05) is 11.6 Å². The van der Waals surface area contributed by atoms with Crippen molar-refractivity contribution >= 4 is 11.9 Å². The van der Waals surface area contributed by atoms with E-state index < -0.39 is 5.97 Å². The fourth-order valence-corrected chi connectivity index (χ4v) is 2.36. The zero-order valence-electron chi connectivity index (χ0n) is 11.6. The number of carbonyl (C=O) groups excluding carboxylic acids is 1. The highest BCUT2D eigenvalue weighted by molar-refractivity contribution is 5.88. The first-order chi connectivity index (χ1) is 9.56. The van der Waals surface area contributed by atoms with Gasteiger partial charge in [0.15, 0.2) is 0 Å². The van der Waals surface area contributed by atoms with E-state index in [4.69, 9.17) is 9.52 Å². The standard InChI is InChI=1S/C15H19NO4/c1-10-13(15(18)19)8-12(20-10)9-16-14(17)7-11-5-3-2-4-6-11/h5,8H,2-4,6-7,9H2,1H3,(H,16,17)(H,18,19). The van der Waals surface area contributed by atoms with Crippen LogP contribution < -0.4 is 5.32 Å². The molecule has 0 radical (unpaired) electrons. The molecular formula is C15H19NO4. The van der Waals surface area contributed by atoms with Crippen molar-refractivity contribution in [1.29, 1.82) is 0 Å². The Morgan fingerprint density at radius 2 is 2.20 bits per heavy atom. The van der Waals surface area contributed by atoms with Crippen molar-refractivity contribution < 1.29 is 19.1 Å². The highest BCUT2D eigenvalue weighted by Gasteiger charge is 2.14. The summed E-state index contributed by atoms with van der Waals surface area (Å²) in [6.07, 6.45) is 6.97. The third kappa shape index (κ3) is 3.73. The Hall–Kier alpha value is -2.04. The number of aryl methyl sites for hydroxylation is 1.